The molecule has 1 atom stereocenters. The van der Waals surface area contributed by atoms with Crippen LogP contribution in [0, 0.1) is 0 Å². The third-order valence-corrected chi connectivity index (χ3v) is 3.49. The average molecular weight is 457 g/mol. The summed E-state index contributed by atoms with van der Waals surface area (Å²) in [4.78, 5) is 10.1. The van der Waals surface area contributed by atoms with Gasteiger partial charge in [-0.05, 0) is 25.5 Å². The molecule has 0 aromatic carbocycles. The van der Waals surface area contributed by atoms with E-state index in [0.717, 1.165) is 5.69 Å². The van der Waals surface area contributed by atoms with Crippen molar-refractivity contribution in [1.29, 1.82) is 0 Å². The molecule has 2 rings (SSSR count). The van der Waals surface area contributed by atoms with Crippen LogP contribution < -0.4 is 10.6 Å². The number of likely N-dealkylation sites (tertiary alicyclic amines) is 1. The van der Waals surface area contributed by atoms with Gasteiger partial charge in [-0.3, -0.25) is 9.88 Å². The smallest absolute Gasteiger partial charge is 0.357 e. The van der Waals surface area contributed by atoms with Gasteiger partial charge < -0.3 is 10.6 Å². The number of nitrogens with one attached hydrogen (secondary N) is 2. The number of pyridine rings is 1. The summed E-state index contributed by atoms with van der Waals surface area (Å²) in [7, 11) is 0. The van der Waals surface area contributed by atoms with E-state index in [2.05, 4.69) is 20.6 Å². The molecule has 0 aliphatic carbocycles. The van der Waals surface area contributed by atoms with Crippen LogP contribution in [0.1, 0.15) is 19.0 Å². The van der Waals surface area contributed by atoms with Gasteiger partial charge in [0.25, 0.3) is 0 Å². The van der Waals surface area contributed by atoms with Crippen molar-refractivity contribution < 1.29 is 13.2 Å². The number of aromatic nitrogens is 1. The Bertz CT molecular complexity index is 510. The molecule has 1 aliphatic heterocycles. The number of alkyl halides is 3. The molecule has 24 heavy (non-hydrogen) atoms. The van der Waals surface area contributed by atoms with Crippen LogP contribution in [0.15, 0.2) is 29.4 Å². The Morgan fingerprint density at radius 3 is 2.83 bits per heavy atom. The summed E-state index contributed by atoms with van der Waals surface area (Å²) in [6.07, 6.45) is -1.77. The van der Waals surface area contributed by atoms with E-state index >= 15 is 0 Å². The molecular formula is C15H23F3IN5. The van der Waals surface area contributed by atoms with Crippen molar-refractivity contribution in [3.63, 3.8) is 0 Å². The number of hydrogen-bond acceptors (Lipinski definition) is 3. The lowest BCUT2D eigenvalue weighted by atomic mass is 10.3. The molecule has 9 heteroatoms. The summed E-state index contributed by atoms with van der Waals surface area (Å²) >= 11 is 0. The lowest BCUT2D eigenvalue weighted by Crippen LogP contribution is -2.45. The molecular weight excluding hydrogens is 434 g/mol. The number of aliphatic imine (C=N–C) groups is 1. The van der Waals surface area contributed by atoms with E-state index < -0.39 is 12.7 Å². The average Bonchev–Trinajstić information content (AvgIpc) is 2.91. The highest BCUT2D eigenvalue weighted by Gasteiger charge is 2.34. The number of nitrogens with zero attached hydrogens (tertiary/aromatic N) is 3. The maximum Gasteiger partial charge on any atom is 0.401 e. The fraction of sp³-hybridized carbons (Fsp3) is 0.600. The van der Waals surface area contributed by atoms with Crippen molar-refractivity contribution in [2.75, 3.05) is 26.2 Å². The van der Waals surface area contributed by atoms with Gasteiger partial charge in [-0.25, -0.2) is 4.99 Å². The largest absolute Gasteiger partial charge is 0.401 e. The molecule has 2 N–H and O–H groups in total. The SMILES string of the molecule is CCNC(=NCc1ccccn1)NC1CCN(CC(F)(F)F)C1.I. The Morgan fingerprint density at radius 1 is 1.42 bits per heavy atom. The summed E-state index contributed by atoms with van der Waals surface area (Å²) in [5.41, 5.74) is 0.842. The van der Waals surface area contributed by atoms with Gasteiger partial charge in [0.1, 0.15) is 0 Å². The zero-order valence-corrected chi connectivity index (χ0v) is 15.8. The number of guanidine groups is 1. The molecule has 2 heterocycles. The van der Waals surface area contributed by atoms with Gasteiger partial charge in [0, 0.05) is 31.9 Å². The van der Waals surface area contributed by atoms with Gasteiger partial charge >= 0.3 is 6.18 Å². The van der Waals surface area contributed by atoms with Crippen LogP contribution in [0.4, 0.5) is 13.2 Å². The van der Waals surface area contributed by atoms with Crippen LogP contribution in [0.25, 0.3) is 0 Å². The fourth-order valence-corrected chi connectivity index (χ4v) is 2.51. The zero-order valence-electron chi connectivity index (χ0n) is 13.5. The maximum atomic E-state index is 12.4. The van der Waals surface area contributed by atoms with Crippen LogP contribution in [0.2, 0.25) is 0 Å². The minimum Gasteiger partial charge on any atom is -0.357 e. The number of hydrogen-bond donors (Lipinski definition) is 2. The first kappa shape index (κ1) is 20.9. The quantitative estimate of drug-likeness (QED) is 0.405. The number of halogens is 4. The molecule has 0 spiro atoms. The molecule has 1 aliphatic rings. The topological polar surface area (TPSA) is 52.6 Å². The molecule has 5 nitrogen and oxygen atoms in total. The minimum atomic E-state index is -4.15. The second-order valence-electron chi connectivity index (χ2n) is 5.50. The normalized spacial score (nSPS) is 19.0. The highest BCUT2D eigenvalue weighted by Crippen LogP contribution is 2.19. The van der Waals surface area contributed by atoms with Crippen molar-refractivity contribution in [3.8, 4) is 0 Å². The first-order valence-corrected chi connectivity index (χ1v) is 7.70. The van der Waals surface area contributed by atoms with E-state index in [1.165, 1.54) is 4.90 Å². The Hall–Kier alpha value is -1.10. The molecule has 1 saturated heterocycles. The molecule has 1 unspecified atom stereocenters. The Kier molecular flexibility index (Phi) is 8.74. The minimum absolute atomic E-state index is 0. The van der Waals surface area contributed by atoms with E-state index in [-0.39, 0.29) is 30.0 Å². The molecule has 0 bridgehead atoms. The van der Waals surface area contributed by atoms with Crippen LogP contribution in [0.5, 0.6) is 0 Å². The van der Waals surface area contributed by atoms with Crippen LogP contribution in [-0.2, 0) is 6.54 Å². The summed E-state index contributed by atoms with van der Waals surface area (Å²) in [6.45, 7) is 3.02. The van der Waals surface area contributed by atoms with Crippen molar-refractivity contribution in [3.05, 3.63) is 30.1 Å². The molecule has 0 saturated carbocycles. The lowest BCUT2D eigenvalue weighted by Gasteiger charge is -2.19. The maximum absolute atomic E-state index is 12.4. The summed E-state index contributed by atoms with van der Waals surface area (Å²) < 4.78 is 37.3. The molecule has 1 aromatic heterocycles. The molecule has 1 aromatic rings. The predicted molar refractivity (Wildman–Crippen MR) is 98.5 cm³/mol. The Balaban J connectivity index is 0.00000288. The molecule has 0 radical (unpaired) electrons. The van der Waals surface area contributed by atoms with Crippen LogP contribution in [0.3, 0.4) is 0 Å². The van der Waals surface area contributed by atoms with Gasteiger partial charge in [0.05, 0.1) is 18.8 Å². The van der Waals surface area contributed by atoms with Crippen LogP contribution >= 0.6 is 24.0 Å². The highest BCUT2D eigenvalue weighted by atomic mass is 127. The van der Waals surface area contributed by atoms with Crippen LogP contribution in [-0.4, -0.2) is 54.2 Å². The van der Waals surface area contributed by atoms with E-state index in [0.29, 0.717) is 38.6 Å². The molecule has 1 fully saturated rings. The second kappa shape index (κ2) is 10.0. The second-order valence-corrected chi connectivity index (χ2v) is 5.50. The van der Waals surface area contributed by atoms with Gasteiger partial charge in [-0.2, -0.15) is 13.2 Å². The van der Waals surface area contributed by atoms with E-state index in [9.17, 15) is 13.2 Å². The van der Waals surface area contributed by atoms with Crippen molar-refractivity contribution in [1.82, 2.24) is 20.5 Å². The van der Waals surface area contributed by atoms with Crippen molar-refractivity contribution >= 4 is 29.9 Å². The summed E-state index contributed by atoms with van der Waals surface area (Å²) in [6, 6.07) is 5.58. The van der Waals surface area contributed by atoms with Gasteiger partial charge in [-0.1, -0.05) is 6.07 Å². The van der Waals surface area contributed by atoms with Gasteiger partial charge in [0.15, 0.2) is 5.96 Å². The Morgan fingerprint density at radius 2 is 2.21 bits per heavy atom. The third kappa shape index (κ3) is 7.65. The Labute approximate surface area is 157 Å². The van der Waals surface area contributed by atoms with Gasteiger partial charge in [0.2, 0.25) is 0 Å². The number of rotatable bonds is 5. The van der Waals surface area contributed by atoms with E-state index in [1.807, 2.05) is 25.1 Å². The monoisotopic (exact) mass is 457 g/mol. The standard InChI is InChI=1S/C15H22F3N5.HI/c1-2-19-14(21-9-12-5-3-4-7-20-12)22-13-6-8-23(10-13)11-15(16,17)18;/h3-5,7,13H,2,6,8-11H2,1H3,(H2,19,21,22);1H. The van der Waals surface area contributed by atoms with E-state index in [1.54, 1.807) is 6.20 Å². The summed E-state index contributed by atoms with van der Waals surface area (Å²) in [5.74, 6) is 0.608. The molecule has 0 amide bonds. The highest BCUT2D eigenvalue weighted by molar-refractivity contribution is 14.0. The third-order valence-electron chi connectivity index (χ3n) is 3.49. The summed E-state index contributed by atoms with van der Waals surface area (Å²) in [5, 5.41) is 6.32. The lowest BCUT2D eigenvalue weighted by molar-refractivity contribution is -0.143. The van der Waals surface area contributed by atoms with E-state index in [4.69, 9.17) is 0 Å². The van der Waals surface area contributed by atoms with Gasteiger partial charge in [-0.15, -0.1) is 24.0 Å². The molecule has 136 valence electrons. The zero-order chi connectivity index (χ0) is 16.7. The first-order valence-electron chi connectivity index (χ1n) is 7.70. The predicted octanol–water partition coefficient (Wildman–Crippen LogP) is 2.39. The van der Waals surface area contributed by atoms with Crippen molar-refractivity contribution in [2.45, 2.75) is 32.1 Å². The first-order chi connectivity index (χ1) is 11.0. The fourth-order valence-electron chi connectivity index (χ4n) is 2.51. The van der Waals surface area contributed by atoms with Crippen molar-refractivity contribution in [2.24, 2.45) is 4.99 Å².